The van der Waals surface area contributed by atoms with E-state index in [1.807, 2.05) is 12.3 Å². The quantitative estimate of drug-likeness (QED) is 0.846. The van der Waals surface area contributed by atoms with E-state index < -0.39 is 0 Å². The molecule has 0 bridgehead atoms. The summed E-state index contributed by atoms with van der Waals surface area (Å²) in [6.45, 7) is 4.74. The van der Waals surface area contributed by atoms with Gasteiger partial charge in [-0.2, -0.15) is 0 Å². The standard InChI is InChI=1S/C13H20N2O2/c1-3-15-13(10-5-7-17-9-10)11-4-6-14-8-12(11)16-2/h4,6,8,10,13,15H,3,5,7,9H2,1-2H3. The van der Waals surface area contributed by atoms with E-state index in [0.717, 1.165) is 31.9 Å². The van der Waals surface area contributed by atoms with Gasteiger partial charge in [0.25, 0.3) is 0 Å². The molecule has 2 unspecified atom stereocenters. The lowest BCUT2D eigenvalue weighted by atomic mass is 9.92. The number of hydrogen-bond acceptors (Lipinski definition) is 4. The maximum atomic E-state index is 5.48. The van der Waals surface area contributed by atoms with Crippen LogP contribution in [-0.2, 0) is 4.74 Å². The molecule has 4 heteroatoms. The van der Waals surface area contributed by atoms with Crippen LogP contribution >= 0.6 is 0 Å². The van der Waals surface area contributed by atoms with Gasteiger partial charge in [0, 0.05) is 30.3 Å². The van der Waals surface area contributed by atoms with Gasteiger partial charge in [0.05, 0.1) is 19.9 Å². The fourth-order valence-corrected chi connectivity index (χ4v) is 2.38. The summed E-state index contributed by atoms with van der Waals surface area (Å²) in [6.07, 6.45) is 4.69. The van der Waals surface area contributed by atoms with E-state index in [0.29, 0.717) is 12.0 Å². The van der Waals surface area contributed by atoms with E-state index in [4.69, 9.17) is 9.47 Å². The minimum absolute atomic E-state index is 0.292. The zero-order valence-electron chi connectivity index (χ0n) is 10.5. The van der Waals surface area contributed by atoms with Crippen LogP contribution in [0.1, 0.15) is 24.9 Å². The Hall–Kier alpha value is -1.13. The van der Waals surface area contributed by atoms with Gasteiger partial charge in [-0.3, -0.25) is 4.98 Å². The molecule has 0 aliphatic carbocycles. The van der Waals surface area contributed by atoms with E-state index in [2.05, 4.69) is 17.2 Å². The first-order chi connectivity index (χ1) is 8.36. The highest BCUT2D eigenvalue weighted by molar-refractivity contribution is 5.33. The van der Waals surface area contributed by atoms with Crippen LogP contribution < -0.4 is 10.1 Å². The topological polar surface area (TPSA) is 43.4 Å². The number of nitrogens with zero attached hydrogens (tertiary/aromatic N) is 1. The number of hydrogen-bond donors (Lipinski definition) is 1. The lowest BCUT2D eigenvalue weighted by molar-refractivity contribution is 0.176. The third kappa shape index (κ3) is 2.76. The predicted molar refractivity (Wildman–Crippen MR) is 66.1 cm³/mol. The Bertz CT molecular complexity index is 351. The summed E-state index contributed by atoms with van der Waals surface area (Å²) in [5.74, 6) is 1.37. The lowest BCUT2D eigenvalue weighted by Gasteiger charge is -2.25. The molecule has 1 aliphatic heterocycles. The first-order valence-electron chi connectivity index (χ1n) is 6.15. The van der Waals surface area contributed by atoms with Crippen molar-refractivity contribution in [2.24, 2.45) is 5.92 Å². The molecule has 4 nitrogen and oxygen atoms in total. The maximum Gasteiger partial charge on any atom is 0.141 e. The summed E-state index contributed by atoms with van der Waals surface area (Å²) in [4.78, 5) is 4.10. The van der Waals surface area contributed by atoms with Gasteiger partial charge in [-0.25, -0.2) is 0 Å². The minimum Gasteiger partial charge on any atom is -0.495 e. The van der Waals surface area contributed by atoms with Gasteiger partial charge in [0.1, 0.15) is 5.75 Å². The van der Waals surface area contributed by atoms with E-state index in [9.17, 15) is 0 Å². The molecule has 1 aliphatic rings. The van der Waals surface area contributed by atoms with Gasteiger partial charge >= 0.3 is 0 Å². The summed E-state index contributed by atoms with van der Waals surface area (Å²) >= 11 is 0. The van der Waals surface area contributed by atoms with Gasteiger partial charge in [-0.1, -0.05) is 6.92 Å². The van der Waals surface area contributed by atoms with Gasteiger partial charge < -0.3 is 14.8 Å². The molecule has 94 valence electrons. The second kappa shape index (κ2) is 5.98. The van der Waals surface area contributed by atoms with Crippen molar-refractivity contribution in [3.63, 3.8) is 0 Å². The third-order valence-electron chi connectivity index (χ3n) is 3.23. The molecule has 1 saturated heterocycles. The number of rotatable bonds is 5. The largest absolute Gasteiger partial charge is 0.495 e. The molecule has 0 radical (unpaired) electrons. The van der Waals surface area contributed by atoms with Crippen LogP contribution in [0.3, 0.4) is 0 Å². The SMILES string of the molecule is CCNC(c1ccncc1OC)C1CCOC1. The fourth-order valence-electron chi connectivity index (χ4n) is 2.38. The molecule has 1 aromatic rings. The Morgan fingerprint density at radius 3 is 3.18 bits per heavy atom. The lowest BCUT2D eigenvalue weighted by Crippen LogP contribution is -2.29. The van der Waals surface area contributed by atoms with Crippen molar-refractivity contribution in [3.8, 4) is 5.75 Å². The number of nitrogens with one attached hydrogen (secondary N) is 1. The Balaban J connectivity index is 2.24. The first kappa shape index (κ1) is 12.3. The highest BCUT2D eigenvalue weighted by Gasteiger charge is 2.28. The van der Waals surface area contributed by atoms with Crippen LogP contribution in [-0.4, -0.2) is 31.9 Å². The van der Waals surface area contributed by atoms with Crippen molar-refractivity contribution in [2.45, 2.75) is 19.4 Å². The van der Waals surface area contributed by atoms with Crippen molar-refractivity contribution in [1.29, 1.82) is 0 Å². The van der Waals surface area contributed by atoms with Crippen LogP contribution in [0.15, 0.2) is 18.5 Å². The molecule has 2 rings (SSSR count). The van der Waals surface area contributed by atoms with Gasteiger partial charge in [-0.15, -0.1) is 0 Å². The van der Waals surface area contributed by atoms with E-state index in [-0.39, 0.29) is 0 Å². The number of pyridine rings is 1. The number of ether oxygens (including phenoxy) is 2. The molecule has 0 spiro atoms. The summed E-state index contributed by atoms with van der Waals surface area (Å²) in [5.41, 5.74) is 1.18. The van der Waals surface area contributed by atoms with Crippen molar-refractivity contribution in [3.05, 3.63) is 24.0 Å². The zero-order valence-corrected chi connectivity index (χ0v) is 10.5. The first-order valence-corrected chi connectivity index (χ1v) is 6.15. The molecule has 2 heterocycles. The average molecular weight is 236 g/mol. The van der Waals surface area contributed by atoms with Crippen LogP contribution in [0.2, 0.25) is 0 Å². The normalized spacial score (nSPS) is 21.4. The Labute approximate surface area is 102 Å². The molecule has 1 aromatic heterocycles. The van der Waals surface area contributed by atoms with Gasteiger partial charge in [0.2, 0.25) is 0 Å². The summed E-state index contributed by atoms with van der Waals surface area (Å²) in [6, 6.07) is 2.32. The monoisotopic (exact) mass is 236 g/mol. The van der Waals surface area contributed by atoms with E-state index in [1.54, 1.807) is 13.3 Å². The van der Waals surface area contributed by atoms with E-state index in [1.165, 1.54) is 5.56 Å². The molecule has 17 heavy (non-hydrogen) atoms. The molecule has 0 amide bonds. The number of aromatic nitrogens is 1. The van der Waals surface area contributed by atoms with Crippen LogP contribution in [0, 0.1) is 5.92 Å². The molecule has 0 saturated carbocycles. The predicted octanol–water partition coefficient (Wildman–Crippen LogP) is 1.78. The van der Waals surface area contributed by atoms with Crippen LogP contribution in [0.25, 0.3) is 0 Å². The smallest absolute Gasteiger partial charge is 0.141 e. The minimum atomic E-state index is 0.292. The molecule has 1 N–H and O–H groups in total. The highest BCUT2D eigenvalue weighted by Crippen LogP contribution is 2.33. The molecular weight excluding hydrogens is 216 g/mol. The van der Waals surface area contributed by atoms with Crippen LogP contribution in [0.4, 0.5) is 0 Å². The number of methoxy groups -OCH3 is 1. The second-order valence-electron chi connectivity index (χ2n) is 4.28. The molecule has 1 fully saturated rings. The second-order valence-corrected chi connectivity index (χ2v) is 4.28. The Morgan fingerprint density at radius 2 is 2.53 bits per heavy atom. The summed E-state index contributed by atoms with van der Waals surface area (Å²) in [7, 11) is 1.69. The third-order valence-corrected chi connectivity index (χ3v) is 3.23. The zero-order chi connectivity index (χ0) is 12.1. The fraction of sp³-hybridized carbons (Fsp3) is 0.615. The molecule has 2 atom stereocenters. The van der Waals surface area contributed by atoms with Gasteiger partial charge in [0.15, 0.2) is 0 Å². The van der Waals surface area contributed by atoms with Crippen molar-refractivity contribution in [2.75, 3.05) is 26.9 Å². The van der Waals surface area contributed by atoms with E-state index >= 15 is 0 Å². The average Bonchev–Trinajstić information content (AvgIpc) is 2.89. The highest BCUT2D eigenvalue weighted by atomic mass is 16.5. The molecule has 0 aromatic carbocycles. The van der Waals surface area contributed by atoms with Crippen LogP contribution in [0.5, 0.6) is 5.75 Å². The Kier molecular flexibility index (Phi) is 4.34. The van der Waals surface area contributed by atoms with Crippen molar-refractivity contribution >= 4 is 0 Å². The van der Waals surface area contributed by atoms with Gasteiger partial charge in [-0.05, 0) is 19.0 Å². The molecular formula is C13H20N2O2. The summed E-state index contributed by atoms with van der Waals surface area (Å²) < 4.78 is 10.9. The summed E-state index contributed by atoms with van der Waals surface area (Å²) in [5, 5.41) is 3.53. The van der Waals surface area contributed by atoms with Crippen molar-refractivity contribution in [1.82, 2.24) is 10.3 Å². The van der Waals surface area contributed by atoms with Crippen molar-refractivity contribution < 1.29 is 9.47 Å². The Morgan fingerprint density at radius 1 is 1.65 bits per heavy atom. The maximum absolute atomic E-state index is 5.48.